The second-order valence-electron chi connectivity index (χ2n) is 6.27. The maximum absolute atomic E-state index is 12.9. The molecular formula is C17H25ClN2O. The second-order valence-corrected chi connectivity index (χ2v) is 6.71. The number of carbonyl (C=O) groups excluding carboxylic acids is 1. The van der Waals surface area contributed by atoms with Crippen LogP contribution in [0.4, 0.5) is 5.69 Å². The molecule has 4 heteroatoms. The third kappa shape index (κ3) is 4.13. The zero-order valence-electron chi connectivity index (χ0n) is 13.2. The molecule has 1 heterocycles. The van der Waals surface area contributed by atoms with E-state index in [1.165, 1.54) is 6.42 Å². The molecule has 1 N–H and O–H groups in total. The molecule has 1 aliphatic heterocycles. The minimum atomic E-state index is 0.0921. The Morgan fingerprint density at radius 2 is 2.00 bits per heavy atom. The number of benzene rings is 1. The Hall–Kier alpha value is -1.22. The molecule has 0 radical (unpaired) electrons. The first-order valence-electron chi connectivity index (χ1n) is 7.84. The van der Waals surface area contributed by atoms with Gasteiger partial charge in [0.1, 0.15) is 0 Å². The number of halogens is 1. The Kier molecular flexibility index (Phi) is 5.51. The molecule has 1 aliphatic rings. The molecule has 1 amide bonds. The summed E-state index contributed by atoms with van der Waals surface area (Å²) >= 11 is 6.09. The Labute approximate surface area is 132 Å². The van der Waals surface area contributed by atoms with Gasteiger partial charge in [0.2, 0.25) is 0 Å². The molecule has 0 bridgehead atoms. The van der Waals surface area contributed by atoms with E-state index in [-0.39, 0.29) is 5.91 Å². The van der Waals surface area contributed by atoms with E-state index in [9.17, 15) is 4.79 Å². The molecule has 1 aromatic rings. The van der Waals surface area contributed by atoms with E-state index in [0.29, 0.717) is 22.4 Å². The highest BCUT2D eigenvalue weighted by Gasteiger charge is 2.27. The number of amides is 1. The van der Waals surface area contributed by atoms with Crippen LogP contribution in [0.25, 0.3) is 0 Å². The highest BCUT2D eigenvalue weighted by molar-refractivity contribution is 6.31. The highest BCUT2D eigenvalue weighted by atomic mass is 35.5. The summed E-state index contributed by atoms with van der Waals surface area (Å²) in [5, 5.41) is 3.94. The van der Waals surface area contributed by atoms with E-state index < -0.39 is 0 Å². The summed E-state index contributed by atoms with van der Waals surface area (Å²) in [5.74, 6) is 1.21. The molecule has 2 atom stereocenters. The monoisotopic (exact) mass is 308 g/mol. The quantitative estimate of drug-likeness (QED) is 0.900. The first-order chi connectivity index (χ1) is 10.0. The van der Waals surface area contributed by atoms with Crippen LogP contribution in [0.2, 0.25) is 5.02 Å². The second kappa shape index (κ2) is 7.17. The lowest BCUT2D eigenvalue weighted by Gasteiger charge is -2.35. The summed E-state index contributed by atoms with van der Waals surface area (Å²) in [6.07, 6.45) is 2.22. The molecule has 0 spiro atoms. The lowest BCUT2D eigenvalue weighted by molar-refractivity contribution is 0.0624. The van der Waals surface area contributed by atoms with Crippen molar-refractivity contribution in [3.8, 4) is 0 Å². The average molecular weight is 309 g/mol. The van der Waals surface area contributed by atoms with Gasteiger partial charge in [-0.2, -0.15) is 0 Å². The molecule has 3 nitrogen and oxygen atoms in total. The van der Waals surface area contributed by atoms with Crippen LogP contribution < -0.4 is 5.32 Å². The van der Waals surface area contributed by atoms with Gasteiger partial charge in [0.25, 0.3) is 5.91 Å². The summed E-state index contributed by atoms with van der Waals surface area (Å²) < 4.78 is 0. The molecule has 1 saturated heterocycles. The Morgan fingerprint density at radius 3 is 2.62 bits per heavy atom. The van der Waals surface area contributed by atoms with Crippen LogP contribution in [0, 0.1) is 11.8 Å². The first-order valence-corrected chi connectivity index (χ1v) is 8.21. The van der Waals surface area contributed by atoms with Gasteiger partial charge in [-0.15, -0.1) is 0 Å². The van der Waals surface area contributed by atoms with Gasteiger partial charge in [-0.1, -0.05) is 32.4 Å². The van der Waals surface area contributed by atoms with Crippen LogP contribution in [0.5, 0.6) is 0 Å². The number of anilines is 1. The van der Waals surface area contributed by atoms with E-state index in [4.69, 9.17) is 11.6 Å². The van der Waals surface area contributed by atoms with Gasteiger partial charge in [-0.05, 0) is 42.9 Å². The van der Waals surface area contributed by atoms with Crippen molar-refractivity contribution in [3.63, 3.8) is 0 Å². The lowest BCUT2D eigenvalue weighted by atomic mass is 9.91. The number of nitrogens with zero attached hydrogens (tertiary/aromatic N) is 1. The minimum Gasteiger partial charge on any atom is -0.384 e. The van der Waals surface area contributed by atoms with Crippen LogP contribution in [-0.2, 0) is 0 Å². The third-order valence-electron chi connectivity index (χ3n) is 3.93. The Balaban J connectivity index is 2.22. The smallest absolute Gasteiger partial charge is 0.256 e. The van der Waals surface area contributed by atoms with Crippen molar-refractivity contribution < 1.29 is 4.79 Å². The standard InChI is InChI=1S/C17H25ClN2O/c1-4-7-19-16-6-5-14(18)9-15(16)17(21)20-10-12(2)8-13(3)11-20/h5-6,9,12-13,19H,4,7-8,10-11H2,1-3H3. The molecule has 116 valence electrons. The van der Waals surface area contributed by atoms with Gasteiger partial charge in [-0.3, -0.25) is 4.79 Å². The fourth-order valence-corrected chi connectivity index (χ4v) is 3.28. The fourth-order valence-electron chi connectivity index (χ4n) is 3.11. The largest absolute Gasteiger partial charge is 0.384 e. The van der Waals surface area contributed by atoms with Crippen LogP contribution in [0.3, 0.4) is 0 Å². The highest BCUT2D eigenvalue weighted by Crippen LogP contribution is 2.26. The summed E-state index contributed by atoms with van der Waals surface area (Å²) in [4.78, 5) is 14.8. The van der Waals surface area contributed by atoms with E-state index in [1.807, 2.05) is 17.0 Å². The van der Waals surface area contributed by atoms with Gasteiger partial charge in [0.15, 0.2) is 0 Å². The number of hydrogen-bond acceptors (Lipinski definition) is 2. The van der Waals surface area contributed by atoms with Crippen molar-refractivity contribution in [2.24, 2.45) is 11.8 Å². The summed E-state index contributed by atoms with van der Waals surface area (Å²) in [5.41, 5.74) is 1.58. The van der Waals surface area contributed by atoms with Crippen molar-refractivity contribution in [2.45, 2.75) is 33.6 Å². The molecule has 1 fully saturated rings. The van der Waals surface area contributed by atoms with Gasteiger partial charge in [0, 0.05) is 30.3 Å². The van der Waals surface area contributed by atoms with Crippen LogP contribution in [-0.4, -0.2) is 30.4 Å². The summed E-state index contributed by atoms with van der Waals surface area (Å²) in [7, 11) is 0. The summed E-state index contributed by atoms with van der Waals surface area (Å²) in [6.45, 7) is 9.06. The van der Waals surface area contributed by atoms with Crippen LogP contribution in [0.1, 0.15) is 44.0 Å². The predicted octanol–water partition coefficient (Wildman–Crippen LogP) is 4.28. The molecule has 0 aromatic heterocycles. The number of rotatable bonds is 4. The number of hydrogen-bond donors (Lipinski definition) is 1. The molecule has 1 aromatic carbocycles. The number of piperidine rings is 1. The van der Waals surface area contributed by atoms with Crippen LogP contribution in [0.15, 0.2) is 18.2 Å². The van der Waals surface area contributed by atoms with Crippen molar-refractivity contribution in [2.75, 3.05) is 25.0 Å². The fraction of sp³-hybridized carbons (Fsp3) is 0.588. The van der Waals surface area contributed by atoms with E-state index >= 15 is 0 Å². The van der Waals surface area contributed by atoms with E-state index in [1.54, 1.807) is 6.07 Å². The third-order valence-corrected chi connectivity index (χ3v) is 4.17. The van der Waals surface area contributed by atoms with E-state index in [2.05, 4.69) is 26.1 Å². The normalized spacial score (nSPS) is 22.2. The maximum Gasteiger partial charge on any atom is 0.256 e. The topological polar surface area (TPSA) is 32.3 Å². The molecule has 0 saturated carbocycles. The van der Waals surface area contributed by atoms with Crippen molar-refractivity contribution in [1.29, 1.82) is 0 Å². The predicted molar refractivity (Wildman–Crippen MR) is 89.1 cm³/mol. The van der Waals surface area contributed by atoms with Gasteiger partial charge >= 0.3 is 0 Å². The van der Waals surface area contributed by atoms with Crippen molar-refractivity contribution in [1.82, 2.24) is 4.90 Å². The Bertz CT molecular complexity index is 494. The van der Waals surface area contributed by atoms with Gasteiger partial charge in [0.05, 0.1) is 5.56 Å². The number of likely N-dealkylation sites (tertiary alicyclic amines) is 1. The van der Waals surface area contributed by atoms with Crippen molar-refractivity contribution >= 4 is 23.2 Å². The number of nitrogens with one attached hydrogen (secondary N) is 1. The molecular weight excluding hydrogens is 284 g/mol. The summed E-state index contributed by atoms with van der Waals surface area (Å²) in [6, 6.07) is 5.52. The molecule has 0 aliphatic carbocycles. The maximum atomic E-state index is 12.9. The van der Waals surface area contributed by atoms with Crippen molar-refractivity contribution in [3.05, 3.63) is 28.8 Å². The molecule has 21 heavy (non-hydrogen) atoms. The van der Waals surface area contributed by atoms with E-state index in [0.717, 1.165) is 31.7 Å². The van der Waals surface area contributed by atoms with Gasteiger partial charge in [-0.25, -0.2) is 0 Å². The SMILES string of the molecule is CCCNc1ccc(Cl)cc1C(=O)N1CC(C)CC(C)C1. The Morgan fingerprint density at radius 1 is 1.33 bits per heavy atom. The first kappa shape index (κ1) is 16.2. The zero-order chi connectivity index (χ0) is 15.4. The van der Waals surface area contributed by atoms with Crippen LogP contribution >= 0.6 is 11.6 Å². The van der Waals surface area contributed by atoms with Gasteiger partial charge < -0.3 is 10.2 Å². The average Bonchev–Trinajstić information content (AvgIpc) is 2.44. The molecule has 2 rings (SSSR count). The lowest BCUT2D eigenvalue weighted by Crippen LogP contribution is -2.42. The minimum absolute atomic E-state index is 0.0921. The zero-order valence-corrected chi connectivity index (χ0v) is 13.9. The number of carbonyl (C=O) groups is 1. The molecule has 2 unspecified atom stereocenters.